The van der Waals surface area contributed by atoms with Crippen molar-refractivity contribution < 1.29 is 17.5 Å². The Kier molecular flexibility index (Phi) is 5.02. The van der Waals surface area contributed by atoms with Crippen molar-refractivity contribution in [2.45, 2.75) is 37.4 Å². The van der Waals surface area contributed by atoms with Gasteiger partial charge >= 0.3 is 0 Å². The molecule has 7 heteroatoms. The molecule has 0 amide bonds. The first kappa shape index (κ1) is 15.7. The van der Waals surface area contributed by atoms with Crippen molar-refractivity contribution in [1.29, 1.82) is 0 Å². The van der Waals surface area contributed by atoms with E-state index >= 15 is 0 Å². The number of nitrogens with zero attached hydrogens (tertiary/aromatic N) is 1. The molecule has 2 rings (SSSR count). The van der Waals surface area contributed by atoms with Crippen LogP contribution in [0.5, 0.6) is 0 Å². The maximum Gasteiger partial charge on any atom is 0.243 e. The predicted octanol–water partition coefficient (Wildman–Crippen LogP) is 2.62. The summed E-state index contributed by atoms with van der Waals surface area (Å²) in [6, 6.07) is 6.73. The molecule has 20 heavy (non-hydrogen) atoms. The minimum absolute atomic E-state index is 0.251. The van der Waals surface area contributed by atoms with Gasteiger partial charge in [-0.1, -0.05) is 17.7 Å². The van der Waals surface area contributed by atoms with E-state index < -0.39 is 23.8 Å². The summed E-state index contributed by atoms with van der Waals surface area (Å²) in [4.78, 5) is 0.251. The Morgan fingerprint density at radius 1 is 1.35 bits per heavy atom. The molecule has 5 nitrogen and oxygen atoms in total. The minimum atomic E-state index is -3.59. The number of hydrogen-bond acceptors (Lipinski definition) is 4. The van der Waals surface area contributed by atoms with Crippen LogP contribution in [0.1, 0.15) is 25.3 Å². The topological polar surface area (TPSA) is 63.7 Å². The van der Waals surface area contributed by atoms with Crippen LogP contribution in [0.15, 0.2) is 29.2 Å². The fourth-order valence-corrected chi connectivity index (χ4v) is 5.86. The highest BCUT2D eigenvalue weighted by Gasteiger charge is 2.38. The van der Waals surface area contributed by atoms with Crippen molar-refractivity contribution in [2.24, 2.45) is 0 Å². The van der Waals surface area contributed by atoms with Crippen LogP contribution in [0.25, 0.3) is 0 Å². The average Bonchev–Trinajstić information content (AvgIpc) is 2.89. The van der Waals surface area contributed by atoms with Gasteiger partial charge in [0.1, 0.15) is 0 Å². The molecule has 1 aromatic rings. The van der Waals surface area contributed by atoms with Gasteiger partial charge in [0.25, 0.3) is 0 Å². The molecule has 112 valence electrons. The summed E-state index contributed by atoms with van der Waals surface area (Å²) >= 11 is 0. The van der Waals surface area contributed by atoms with E-state index in [1.807, 2.05) is 6.92 Å². The maximum absolute atomic E-state index is 12.6. The minimum Gasteiger partial charge on any atom is -0.330 e. The molecule has 0 N–H and O–H groups in total. The molecule has 0 aliphatic carbocycles. The van der Waals surface area contributed by atoms with Gasteiger partial charge in [-0.2, -0.15) is 4.31 Å². The molecule has 0 saturated carbocycles. The summed E-state index contributed by atoms with van der Waals surface area (Å²) in [7, 11) is -5.96. The molecule has 2 atom stereocenters. The molecule has 1 aromatic carbocycles. The van der Waals surface area contributed by atoms with E-state index in [9.17, 15) is 13.0 Å². The SMILES string of the molecule is CCO[P@@H](=O)[C@@H]1CCCN1S(=O)(=O)c1ccc(C)cc1. The van der Waals surface area contributed by atoms with E-state index in [4.69, 9.17) is 4.52 Å². The molecule has 1 fully saturated rings. The maximum atomic E-state index is 12.6. The van der Waals surface area contributed by atoms with Crippen LogP contribution >= 0.6 is 8.03 Å². The molecular weight excluding hydrogens is 297 g/mol. The lowest BCUT2D eigenvalue weighted by molar-refractivity contribution is 0.325. The zero-order valence-corrected chi connectivity index (χ0v) is 13.5. The van der Waals surface area contributed by atoms with Crippen LogP contribution in [0.2, 0.25) is 0 Å². The van der Waals surface area contributed by atoms with Crippen LogP contribution < -0.4 is 0 Å². The van der Waals surface area contributed by atoms with Gasteiger partial charge in [-0.3, -0.25) is 4.57 Å². The molecule has 0 spiro atoms. The first-order chi connectivity index (χ1) is 9.46. The van der Waals surface area contributed by atoms with Crippen LogP contribution in [0.3, 0.4) is 0 Å². The second-order valence-corrected chi connectivity index (χ2v) is 8.32. The van der Waals surface area contributed by atoms with Gasteiger partial charge in [-0.05, 0) is 38.8 Å². The van der Waals surface area contributed by atoms with Crippen LogP contribution in [0.4, 0.5) is 0 Å². The third-order valence-electron chi connectivity index (χ3n) is 3.39. The second-order valence-electron chi connectivity index (χ2n) is 4.84. The van der Waals surface area contributed by atoms with Crippen molar-refractivity contribution in [2.75, 3.05) is 13.2 Å². The Bertz CT molecular complexity index is 585. The summed E-state index contributed by atoms with van der Waals surface area (Å²) < 4.78 is 43.8. The largest absolute Gasteiger partial charge is 0.330 e. The molecular formula is C13H20NO4PS. The molecule has 1 saturated heterocycles. The van der Waals surface area contributed by atoms with Crippen LogP contribution in [0, 0.1) is 6.92 Å². The Morgan fingerprint density at radius 3 is 2.60 bits per heavy atom. The van der Waals surface area contributed by atoms with Gasteiger partial charge in [0.2, 0.25) is 18.1 Å². The number of rotatable bonds is 5. The second kappa shape index (κ2) is 6.39. The van der Waals surface area contributed by atoms with Crippen molar-refractivity contribution in [3.8, 4) is 0 Å². The number of benzene rings is 1. The molecule has 0 bridgehead atoms. The summed E-state index contributed by atoms with van der Waals surface area (Å²) in [5, 5.41) is 0. The molecule has 1 aliphatic heterocycles. The van der Waals surface area contributed by atoms with Gasteiger partial charge in [-0.25, -0.2) is 8.42 Å². The van der Waals surface area contributed by atoms with E-state index in [0.717, 1.165) is 12.0 Å². The number of sulfonamides is 1. The highest BCUT2D eigenvalue weighted by Crippen LogP contribution is 2.41. The Morgan fingerprint density at radius 2 is 2.00 bits per heavy atom. The summed E-state index contributed by atoms with van der Waals surface area (Å²) in [5.41, 5.74) is 1.00. The van der Waals surface area contributed by atoms with Gasteiger partial charge < -0.3 is 4.52 Å². The highest BCUT2D eigenvalue weighted by atomic mass is 32.2. The number of aryl methyl sites for hydroxylation is 1. The van der Waals surface area contributed by atoms with Crippen molar-refractivity contribution in [1.82, 2.24) is 4.31 Å². The fraction of sp³-hybridized carbons (Fsp3) is 0.538. The van der Waals surface area contributed by atoms with Crippen molar-refractivity contribution in [3.63, 3.8) is 0 Å². The standard InChI is InChI=1S/C13H20NO4PS/c1-3-18-19(15)13-5-4-10-14(13)20(16,17)12-8-6-11(2)7-9-12/h6-9,13,19H,3-5,10H2,1-2H3/t13-/m1/s1. The Balaban J connectivity index is 2.28. The fourth-order valence-electron chi connectivity index (χ4n) is 2.35. The number of hydrogen-bond donors (Lipinski definition) is 0. The highest BCUT2D eigenvalue weighted by molar-refractivity contribution is 7.89. The Labute approximate surface area is 120 Å². The zero-order valence-electron chi connectivity index (χ0n) is 11.7. The quantitative estimate of drug-likeness (QED) is 0.783. The zero-order chi connectivity index (χ0) is 14.8. The smallest absolute Gasteiger partial charge is 0.243 e. The normalized spacial score (nSPS) is 22.0. The van der Waals surface area contributed by atoms with Gasteiger partial charge in [-0.15, -0.1) is 0 Å². The lowest BCUT2D eigenvalue weighted by Crippen LogP contribution is -2.33. The van der Waals surface area contributed by atoms with Crippen molar-refractivity contribution >= 4 is 18.1 Å². The van der Waals surface area contributed by atoms with E-state index in [2.05, 4.69) is 0 Å². The summed E-state index contributed by atoms with van der Waals surface area (Å²) in [5.74, 6) is -0.508. The van der Waals surface area contributed by atoms with Crippen LogP contribution in [-0.2, 0) is 19.1 Å². The van der Waals surface area contributed by atoms with E-state index in [1.54, 1.807) is 31.2 Å². The molecule has 1 aliphatic rings. The summed E-state index contributed by atoms with van der Waals surface area (Å²) in [6.45, 7) is 4.41. The van der Waals surface area contributed by atoms with E-state index in [-0.39, 0.29) is 4.90 Å². The van der Waals surface area contributed by atoms with Crippen molar-refractivity contribution in [3.05, 3.63) is 29.8 Å². The van der Waals surface area contributed by atoms with E-state index in [0.29, 0.717) is 19.6 Å². The molecule has 0 aromatic heterocycles. The van der Waals surface area contributed by atoms with E-state index in [1.165, 1.54) is 4.31 Å². The summed E-state index contributed by atoms with van der Waals surface area (Å²) in [6.07, 6.45) is 1.32. The van der Waals surface area contributed by atoms with Gasteiger partial charge in [0.15, 0.2) is 0 Å². The third-order valence-corrected chi connectivity index (χ3v) is 7.22. The molecule has 0 radical (unpaired) electrons. The first-order valence-electron chi connectivity index (χ1n) is 6.72. The Hall–Kier alpha value is -0.680. The predicted molar refractivity (Wildman–Crippen MR) is 78.7 cm³/mol. The third kappa shape index (κ3) is 3.14. The molecule has 0 unspecified atom stereocenters. The molecule has 1 heterocycles. The lowest BCUT2D eigenvalue weighted by atomic mass is 10.2. The van der Waals surface area contributed by atoms with Crippen LogP contribution in [-0.4, -0.2) is 31.7 Å². The van der Waals surface area contributed by atoms with Gasteiger partial charge in [0.05, 0.1) is 17.3 Å². The first-order valence-corrected chi connectivity index (χ1v) is 9.55. The average molecular weight is 317 g/mol. The monoisotopic (exact) mass is 317 g/mol. The van der Waals surface area contributed by atoms with Gasteiger partial charge in [0, 0.05) is 6.54 Å². The lowest BCUT2D eigenvalue weighted by Gasteiger charge is -2.23.